The van der Waals surface area contributed by atoms with Crippen LogP contribution >= 0.6 is 0 Å². The molecule has 0 aliphatic heterocycles. The van der Waals surface area contributed by atoms with Gasteiger partial charge in [-0.3, -0.25) is 5.10 Å². The van der Waals surface area contributed by atoms with Crippen LogP contribution in [0.4, 0.5) is 23.1 Å². The number of nitrogens with zero attached hydrogens (tertiary/aromatic N) is 3. The lowest BCUT2D eigenvalue weighted by atomic mass is 10.2. The van der Waals surface area contributed by atoms with Crippen molar-refractivity contribution in [2.45, 2.75) is 0 Å². The Morgan fingerprint density at radius 1 is 1.04 bits per heavy atom. The molecular formula is C19H14N6. The fourth-order valence-corrected chi connectivity index (χ4v) is 2.52. The van der Waals surface area contributed by atoms with E-state index in [0.29, 0.717) is 11.8 Å². The van der Waals surface area contributed by atoms with Gasteiger partial charge in [0.25, 0.3) is 0 Å². The number of fused-ring (bicyclic) bond motifs is 1. The topological polar surface area (TPSA) is 78.5 Å². The van der Waals surface area contributed by atoms with Crippen molar-refractivity contribution in [3.63, 3.8) is 0 Å². The van der Waals surface area contributed by atoms with Crippen molar-refractivity contribution in [3.05, 3.63) is 66.5 Å². The van der Waals surface area contributed by atoms with E-state index in [2.05, 4.69) is 36.7 Å². The van der Waals surface area contributed by atoms with Gasteiger partial charge in [0.2, 0.25) is 5.95 Å². The molecule has 0 saturated heterocycles. The molecule has 2 aromatic carbocycles. The number of hydrogen-bond donors (Lipinski definition) is 3. The average molecular weight is 326 g/mol. The second-order valence-corrected chi connectivity index (χ2v) is 5.38. The molecule has 0 fully saturated rings. The van der Waals surface area contributed by atoms with E-state index in [4.69, 9.17) is 6.42 Å². The molecule has 2 aromatic heterocycles. The first-order valence-corrected chi connectivity index (χ1v) is 7.68. The molecule has 6 nitrogen and oxygen atoms in total. The third-order valence-corrected chi connectivity index (χ3v) is 3.69. The van der Waals surface area contributed by atoms with Crippen LogP contribution in [0.2, 0.25) is 0 Å². The summed E-state index contributed by atoms with van der Waals surface area (Å²) < 4.78 is 0. The van der Waals surface area contributed by atoms with Gasteiger partial charge in [0.1, 0.15) is 5.82 Å². The van der Waals surface area contributed by atoms with Crippen LogP contribution in [0.3, 0.4) is 0 Å². The van der Waals surface area contributed by atoms with Crippen molar-refractivity contribution in [2.24, 2.45) is 0 Å². The van der Waals surface area contributed by atoms with Gasteiger partial charge in [-0.25, -0.2) is 4.98 Å². The van der Waals surface area contributed by atoms with Gasteiger partial charge in [-0.2, -0.15) is 10.1 Å². The molecular weight excluding hydrogens is 312 g/mol. The highest BCUT2D eigenvalue weighted by atomic mass is 15.1. The van der Waals surface area contributed by atoms with E-state index in [1.807, 2.05) is 48.5 Å². The second kappa shape index (κ2) is 6.34. The molecule has 120 valence electrons. The lowest BCUT2D eigenvalue weighted by Crippen LogP contribution is -2.00. The predicted octanol–water partition coefficient (Wildman–Crippen LogP) is 3.82. The lowest BCUT2D eigenvalue weighted by Gasteiger charge is -2.09. The molecule has 2 heterocycles. The Balaban J connectivity index is 1.59. The van der Waals surface area contributed by atoms with Crippen molar-refractivity contribution in [1.82, 2.24) is 20.2 Å². The molecule has 0 atom stereocenters. The zero-order valence-corrected chi connectivity index (χ0v) is 13.2. The SMILES string of the molecule is C#Cc1cccc(Nc2nccc(Nc3cccc4[nH]ncc34)n2)c1. The van der Waals surface area contributed by atoms with Gasteiger partial charge in [-0.15, -0.1) is 6.42 Å². The summed E-state index contributed by atoms with van der Waals surface area (Å²) in [4.78, 5) is 8.75. The minimum Gasteiger partial charge on any atom is -0.339 e. The maximum absolute atomic E-state index is 5.43. The van der Waals surface area contributed by atoms with Crippen LogP contribution < -0.4 is 10.6 Å². The first kappa shape index (κ1) is 14.7. The molecule has 0 bridgehead atoms. The van der Waals surface area contributed by atoms with Gasteiger partial charge in [-0.1, -0.05) is 18.1 Å². The van der Waals surface area contributed by atoms with E-state index in [9.17, 15) is 0 Å². The van der Waals surface area contributed by atoms with Crippen LogP contribution in [0.1, 0.15) is 5.56 Å². The highest BCUT2D eigenvalue weighted by Gasteiger charge is 2.05. The Morgan fingerprint density at radius 3 is 2.88 bits per heavy atom. The molecule has 25 heavy (non-hydrogen) atoms. The summed E-state index contributed by atoms with van der Waals surface area (Å²) in [6.45, 7) is 0. The maximum atomic E-state index is 5.43. The van der Waals surface area contributed by atoms with Gasteiger partial charge in [0.15, 0.2) is 0 Å². The Kier molecular flexibility index (Phi) is 3.73. The molecule has 0 aliphatic carbocycles. The van der Waals surface area contributed by atoms with Gasteiger partial charge in [0.05, 0.1) is 17.4 Å². The molecule has 0 aliphatic rings. The number of aromatic nitrogens is 4. The second-order valence-electron chi connectivity index (χ2n) is 5.38. The minimum absolute atomic E-state index is 0.485. The first-order chi connectivity index (χ1) is 12.3. The zero-order chi connectivity index (χ0) is 17.1. The number of anilines is 4. The van der Waals surface area contributed by atoms with E-state index in [1.54, 1.807) is 12.4 Å². The normalized spacial score (nSPS) is 10.4. The van der Waals surface area contributed by atoms with Gasteiger partial charge in [-0.05, 0) is 36.4 Å². The Bertz CT molecular complexity index is 1080. The van der Waals surface area contributed by atoms with Crippen LogP contribution in [0.5, 0.6) is 0 Å². The number of terminal acetylenes is 1. The highest BCUT2D eigenvalue weighted by molar-refractivity contribution is 5.92. The molecule has 0 spiro atoms. The first-order valence-electron chi connectivity index (χ1n) is 7.68. The Morgan fingerprint density at radius 2 is 1.96 bits per heavy atom. The van der Waals surface area contributed by atoms with Crippen molar-refractivity contribution < 1.29 is 0 Å². The van der Waals surface area contributed by atoms with E-state index < -0.39 is 0 Å². The van der Waals surface area contributed by atoms with E-state index in [1.165, 1.54) is 0 Å². The summed E-state index contributed by atoms with van der Waals surface area (Å²) in [5.74, 6) is 3.77. The van der Waals surface area contributed by atoms with Crippen LogP contribution in [-0.4, -0.2) is 20.2 Å². The zero-order valence-electron chi connectivity index (χ0n) is 13.2. The van der Waals surface area contributed by atoms with E-state index in [-0.39, 0.29) is 0 Å². The Hall–Kier alpha value is -3.85. The number of rotatable bonds is 4. The predicted molar refractivity (Wildman–Crippen MR) is 99.1 cm³/mol. The molecule has 4 rings (SSSR count). The van der Waals surface area contributed by atoms with Crippen molar-refractivity contribution >= 4 is 34.0 Å². The molecule has 0 unspecified atom stereocenters. The van der Waals surface area contributed by atoms with Gasteiger partial charge < -0.3 is 10.6 Å². The third-order valence-electron chi connectivity index (χ3n) is 3.69. The van der Waals surface area contributed by atoms with E-state index in [0.717, 1.165) is 27.8 Å². The fourth-order valence-electron chi connectivity index (χ4n) is 2.52. The Labute approximate surface area is 144 Å². The quantitative estimate of drug-likeness (QED) is 0.497. The maximum Gasteiger partial charge on any atom is 0.229 e. The van der Waals surface area contributed by atoms with E-state index >= 15 is 0 Å². The minimum atomic E-state index is 0.485. The highest BCUT2D eigenvalue weighted by Crippen LogP contribution is 2.24. The molecule has 6 heteroatoms. The van der Waals surface area contributed by atoms with Gasteiger partial charge in [0, 0.05) is 22.8 Å². The molecule has 3 N–H and O–H groups in total. The summed E-state index contributed by atoms with van der Waals surface area (Å²) >= 11 is 0. The number of benzene rings is 2. The molecule has 0 amide bonds. The summed E-state index contributed by atoms with van der Waals surface area (Å²) in [7, 11) is 0. The number of aromatic amines is 1. The summed E-state index contributed by atoms with van der Waals surface area (Å²) in [5.41, 5.74) is 3.52. The summed E-state index contributed by atoms with van der Waals surface area (Å²) in [6, 6.07) is 15.2. The van der Waals surface area contributed by atoms with Crippen molar-refractivity contribution in [2.75, 3.05) is 10.6 Å². The average Bonchev–Trinajstić information content (AvgIpc) is 3.12. The number of nitrogens with one attached hydrogen (secondary N) is 3. The van der Waals surface area contributed by atoms with Gasteiger partial charge >= 0.3 is 0 Å². The number of H-pyrrole nitrogens is 1. The monoisotopic (exact) mass is 326 g/mol. The van der Waals surface area contributed by atoms with Crippen LogP contribution in [-0.2, 0) is 0 Å². The van der Waals surface area contributed by atoms with Crippen LogP contribution in [0, 0.1) is 12.3 Å². The lowest BCUT2D eigenvalue weighted by molar-refractivity contribution is 1.12. The van der Waals surface area contributed by atoms with Crippen molar-refractivity contribution in [3.8, 4) is 12.3 Å². The number of hydrogen-bond acceptors (Lipinski definition) is 5. The smallest absolute Gasteiger partial charge is 0.229 e. The molecule has 0 radical (unpaired) electrons. The van der Waals surface area contributed by atoms with Crippen molar-refractivity contribution in [1.29, 1.82) is 0 Å². The fraction of sp³-hybridized carbons (Fsp3) is 0. The van der Waals surface area contributed by atoms with Crippen LogP contribution in [0.15, 0.2) is 60.9 Å². The van der Waals surface area contributed by atoms with Crippen LogP contribution in [0.25, 0.3) is 10.9 Å². The largest absolute Gasteiger partial charge is 0.339 e. The summed E-state index contributed by atoms with van der Waals surface area (Å²) in [6.07, 6.45) is 8.91. The summed E-state index contributed by atoms with van der Waals surface area (Å²) in [5, 5.41) is 14.5. The standard InChI is InChI=1S/C19H14N6/c1-2-13-5-3-6-14(11-13)22-19-20-10-9-18(24-19)23-16-7-4-8-17-15(16)12-21-25-17/h1,3-12H,(H,21,25)(H2,20,22,23,24). The third kappa shape index (κ3) is 3.12. The molecule has 4 aromatic rings. The molecule has 0 saturated carbocycles.